The predicted molar refractivity (Wildman–Crippen MR) is 55.0 cm³/mol. The van der Waals surface area contributed by atoms with Crippen molar-refractivity contribution in [3.8, 4) is 5.75 Å². The molecule has 0 bridgehead atoms. The summed E-state index contributed by atoms with van der Waals surface area (Å²) in [5.41, 5.74) is 0. The van der Waals surface area contributed by atoms with Crippen LogP contribution in [0.25, 0.3) is 0 Å². The summed E-state index contributed by atoms with van der Waals surface area (Å²) < 4.78 is 18.4. The molecular formula is C8H5Br2FO3. The van der Waals surface area contributed by atoms with E-state index in [1.54, 1.807) is 12.1 Å². The first-order valence-electron chi connectivity index (χ1n) is 3.49. The Hall–Kier alpha value is -0.620. The molecule has 76 valence electrons. The highest BCUT2D eigenvalue weighted by Crippen LogP contribution is 2.29. The van der Waals surface area contributed by atoms with E-state index in [0.29, 0.717) is 4.47 Å². The lowest BCUT2D eigenvalue weighted by atomic mass is 10.3. The Morgan fingerprint density at radius 3 is 2.64 bits per heavy atom. The van der Waals surface area contributed by atoms with Crippen molar-refractivity contribution in [1.29, 1.82) is 0 Å². The number of alkyl halides is 1. The molecule has 0 aliphatic carbocycles. The number of carboxylic acids is 1. The number of halogens is 3. The van der Waals surface area contributed by atoms with Crippen LogP contribution < -0.4 is 4.74 Å². The number of aliphatic carboxylic acids is 1. The lowest BCUT2D eigenvalue weighted by Gasteiger charge is -2.08. The van der Waals surface area contributed by atoms with Gasteiger partial charge in [0, 0.05) is 4.47 Å². The van der Waals surface area contributed by atoms with Gasteiger partial charge >= 0.3 is 12.3 Å². The minimum Gasteiger partial charge on any atom is -0.476 e. The third-order valence-corrected chi connectivity index (χ3v) is 2.43. The predicted octanol–water partition coefficient (Wildman–Crippen LogP) is 2.97. The molecule has 0 aromatic heterocycles. The van der Waals surface area contributed by atoms with Gasteiger partial charge in [0.25, 0.3) is 0 Å². The molecular weight excluding hydrogens is 323 g/mol. The summed E-state index contributed by atoms with van der Waals surface area (Å²) >= 11 is 6.31. The van der Waals surface area contributed by atoms with E-state index in [4.69, 9.17) is 5.11 Å². The van der Waals surface area contributed by atoms with E-state index in [9.17, 15) is 9.18 Å². The summed E-state index contributed by atoms with van der Waals surface area (Å²) in [6.07, 6.45) is -2.35. The molecule has 1 aromatic carbocycles. The maximum absolute atomic E-state index is 12.6. The van der Waals surface area contributed by atoms with E-state index in [0.717, 1.165) is 4.47 Å². The molecule has 6 heteroatoms. The Kier molecular flexibility index (Phi) is 3.88. The molecule has 3 nitrogen and oxygen atoms in total. The van der Waals surface area contributed by atoms with Crippen molar-refractivity contribution in [2.24, 2.45) is 0 Å². The van der Waals surface area contributed by atoms with Crippen LogP contribution in [-0.2, 0) is 4.79 Å². The van der Waals surface area contributed by atoms with Gasteiger partial charge in [-0.3, -0.25) is 0 Å². The van der Waals surface area contributed by atoms with Crippen LogP contribution in [0.4, 0.5) is 4.39 Å². The van der Waals surface area contributed by atoms with Crippen LogP contribution in [0.2, 0.25) is 0 Å². The number of hydrogen-bond donors (Lipinski definition) is 1. The number of rotatable bonds is 3. The molecule has 0 fully saturated rings. The van der Waals surface area contributed by atoms with Crippen LogP contribution in [-0.4, -0.2) is 17.4 Å². The number of hydrogen-bond acceptors (Lipinski definition) is 2. The van der Waals surface area contributed by atoms with Crippen LogP contribution in [0.3, 0.4) is 0 Å². The van der Waals surface area contributed by atoms with Gasteiger partial charge in [-0.15, -0.1) is 0 Å². The average molecular weight is 328 g/mol. The second kappa shape index (κ2) is 4.75. The van der Waals surface area contributed by atoms with Gasteiger partial charge in [-0.1, -0.05) is 15.9 Å². The van der Waals surface area contributed by atoms with Crippen LogP contribution in [0.5, 0.6) is 5.75 Å². The normalized spacial score (nSPS) is 12.2. The van der Waals surface area contributed by atoms with E-state index in [2.05, 4.69) is 36.6 Å². The Labute approximate surface area is 96.1 Å². The number of carbonyl (C=O) groups is 1. The molecule has 0 heterocycles. The zero-order chi connectivity index (χ0) is 10.7. The van der Waals surface area contributed by atoms with E-state index in [1.165, 1.54) is 6.07 Å². The van der Waals surface area contributed by atoms with Gasteiger partial charge in [-0.05, 0) is 34.1 Å². The molecule has 0 amide bonds. The van der Waals surface area contributed by atoms with Crippen LogP contribution in [0.15, 0.2) is 27.1 Å². The second-order valence-electron chi connectivity index (χ2n) is 2.35. The van der Waals surface area contributed by atoms with Crippen molar-refractivity contribution >= 4 is 37.8 Å². The molecule has 14 heavy (non-hydrogen) atoms. The van der Waals surface area contributed by atoms with E-state index < -0.39 is 12.3 Å². The maximum atomic E-state index is 12.6. The summed E-state index contributed by atoms with van der Waals surface area (Å²) in [6, 6.07) is 4.71. The van der Waals surface area contributed by atoms with Crippen molar-refractivity contribution < 1.29 is 19.0 Å². The first kappa shape index (κ1) is 11.5. The van der Waals surface area contributed by atoms with Crippen molar-refractivity contribution in [1.82, 2.24) is 0 Å². The molecule has 1 N–H and O–H groups in total. The summed E-state index contributed by atoms with van der Waals surface area (Å²) in [5, 5.41) is 8.26. The molecule has 0 aliphatic rings. The summed E-state index contributed by atoms with van der Waals surface area (Å²) in [4.78, 5) is 10.2. The lowest BCUT2D eigenvalue weighted by molar-refractivity contribution is -0.153. The molecule has 0 saturated heterocycles. The summed E-state index contributed by atoms with van der Waals surface area (Å²) in [7, 11) is 0. The Morgan fingerprint density at radius 1 is 1.50 bits per heavy atom. The first-order chi connectivity index (χ1) is 6.50. The van der Waals surface area contributed by atoms with Crippen LogP contribution in [0, 0.1) is 0 Å². The highest BCUT2D eigenvalue weighted by molar-refractivity contribution is 9.11. The SMILES string of the molecule is O=C(O)C(F)Oc1ccc(Br)cc1Br. The van der Waals surface area contributed by atoms with Gasteiger partial charge in [-0.2, -0.15) is 4.39 Å². The quantitative estimate of drug-likeness (QED) is 0.928. The zero-order valence-electron chi connectivity index (χ0n) is 6.71. The molecule has 0 saturated carbocycles. The van der Waals surface area contributed by atoms with E-state index in [1.807, 2.05) is 0 Å². The Morgan fingerprint density at radius 2 is 2.14 bits per heavy atom. The minimum atomic E-state index is -2.35. The lowest BCUT2D eigenvalue weighted by Crippen LogP contribution is -2.21. The zero-order valence-corrected chi connectivity index (χ0v) is 9.88. The standard InChI is InChI=1S/C8H5Br2FO3/c9-4-1-2-6(5(10)3-4)14-7(11)8(12)13/h1-3,7H,(H,12,13). The molecule has 1 unspecified atom stereocenters. The van der Waals surface area contributed by atoms with Crippen molar-refractivity contribution in [3.63, 3.8) is 0 Å². The van der Waals surface area contributed by atoms with Gasteiger partial charge in [0.2, 0.25) is 0 Å². The Balaban J connectivity index is 2.82. The number of benzene rings is 1. The van der Waals surface area contributed by atoms with Gasteiger partial charge in [0.15, 0.2) is 0 Å². The van der Waals surface area contributed by atoms with Gasteiger partial charge in [-0.25, -0.2) is 4.79 Å². The monoisotopic (exact) mass is 326 g/mol. The molecule has 1 atom stereocenters. The third-order valence-electron chi connectivity index (χ3n) is 1.32. The average Bonchev–Trinajstić information content (AvgIpc) is 2.09. The fourth-order valence-corrected chi connectivity index (χ4v) is 1.87. The van der Waals surface area contributed by atoms with Crippen molar-refractivity contribution in [3.05, 3.63) is 27.1 Å². The summed E-state index contributed by atoms with van der Waals surface area (Å²) in [6.45, 7) is 0. The topological polar surface area (TPSA) is 46.5 Å². The van der Waals surface area contributed by atoms with Crippen LogP contribution in [0.1, 0.15) is 0 Å². The van der Waals surface area contributed by atoms with Gasteiger partial charge in [0.1, 0.15) is 5.75 Å². The Bertz CT molecular complexity index is 356. The first-order valence-corrected chi connectivity index (χ1v) is 5.08. The third kappa shape index (κ3) is 2.95. The fraction of sp³-hybridized carbons (Fsp3) is 0.125. The molecule has 0 radical (unpaired) electrons. The maximum Gasteiger partial charge on any atom is 0.378 e. The fourth-order valence-electron chi connectivity index (χ4n) is 0.733. The van der Waals surface area contributed by atoms with Gasteiger partial charge < -0.3 is 9.84 Å². The van der Waals surface area contributed by atoms with Crippen LogP contribution >= 0.6 is 31.9 Å². The number of ether oxygens (including phenoxy) is 1. The highest BCUT2D eigenvalue weighted by Gasteiger charge is 2.18. The number of carboxylic acid groups (broad SMARTS) is 1. The summed E-state index contributed by atoms with van der Waals surface area (Å²) in [5.74, 6) is -1.51. The highest BCUT2D eigenvalue weighted by atomic mass is 79.9. The molecule has 1 aromatic rings. The smallest absolute Gasteiger partial charge is 0.378 e. The van der Waals surface area contributed by atoms with Gasteiger partial charge in [0.05, 0.1) is 4.47 Å². The largest absolute Gasteiger partial charge is 0.476 e. The van der Waals surface area contributed by atoms with Crippen molar-refractivity contribution in [2.45, 2.75) is 6.36 Å². The van der Waals surface area contributed by atoms with Crippen molar-refractivity contribution in [2.75, 3.05) is 0 Å². The second-order valence-corrected chi connectivity index (χ2v) is 4.12. The van der Waals surface area contributed by atoms with E-state index in [-0.39, 0.29) is 5.75 Å². The molecule has 0 spiro atoms. The minimum absolute atomic E-state index is 0.142. The van der Waals surface area contributed by atoms with E-state index >= 15 is 0 Å². The molecule has 1 rings (SSSR count). The molecule has 0 aliphatic heterocycles.